The number of carbonyl (C=O) groups is 2. The van der Waals surface area contributed by atoms with Gasteiger partial charge in [0.05, 0.1) is 16.3 Å². The zero-order valence-electron chi connectivity index (χ0n) is 12.7. The van der Waals surface area contributed by atoms with Crippen LogP contribution in [0.15, 0.2) is 18.2 Å². The van der Waals surface area contributed by atoms with Gasteiger partial charge in [0.25, 0.3) is 0 Å². The summed E-state index contributed by atoms with van der Waals surface area (Å²) in [6, 6.07) is 4.04. The summed E-state index contributed by atoms with van der Waals surface area (Å²) in [6.45, 7) is 8.59. The highest BCUT2D eigenvalue weighted by Gasteiger charge is 2.19. The van der Waals surface area contributed by atoms with Crippen LogP contribution >= 0.6 is 11.6 Å². The first-order chi connectivity index (χ1) is 9.72. The minimum absolute atomic E-state index is 0.0597. The summed E-state index contributed by atoms with van der Waals surface area (Å²) in [5, 5.41) is 11.8. The molecule has 2 amide bonds. The van der Waals surface area contributed by atoms with Gasteiger partial charge in [-0.05, 0) is 38.0 Å². The Morgan fingerprint density at radius 2 is 1.90 bits per heavy atom. The van der Waals surface area contributed by atoms with E-state index in [1.54, 1.807) is 4.90 Å². The molecule has 5 nitrogen and oxygen atoms in total. The van der Waals surface area contributed by atoms with E-state index in [0.717, 1.165) is 0 Å². The van der Waals surface area contributed by atoms with E-state index in [2.05, 4.69) is 5.32 Å². The molecular weight excluding hydrogens is 292 g/mol. The van der Waals surface area contributed by atoms with Crippen LogP contribution in [-0.4, -0.2) is 34.6 Å². The summed E-state index contributed by atoms with van der Waals surface area (Å²) in [4.78, 5) is 24.9. The lowest BCUT2D eigenvalue weighted by Gasteiger charge is -2.28. The third kappa shape index (κ3) is 4.93. The number of anilines is 1. The lowest BCUT2D eigenvalue weighted by molar-refractivity contribution is 0.0697. The summed E-state index contributed by atoms with van der Waals surface area (Å²) in [5.41, 5.74) is 0.488. The van der Waals surface area contributed by atoms with Crippen LogP contribution in [-0.2, 0) is 0 Å². The van der Waals surface area contributed by atoms with Gasteiger partial charge in [0.1, 0.15) is 0 Å². The van der Waals surface area contributed by atoms with E-state index in [4.69, 9.17) is 16.7 Å². The average Bonchev–Trinajstić information content (AvgIpc) is 2.37. The molecule has 0 saturated carbocycles. The number of nitrogens with one attached hydrogen (secondary N) is 1. The number of aromatic carboxylic acids is 1. The Morgan fingerprint density at radius 1 is 1.29 bits per heavy atom. The molecule has 0 heterocycles. The Hall–Kier alpha value is -1.75. The minimum atomic E-state index is -1.06. The van der Waals surface area contributed by atoms with Crippen LogP contribution < -0.4 is 5.32 Å². The highest BCUT2D eigenvalue weighted by atomic mass is 35.5. The van der Waals surface area contributed by atoms with Crippen molar-refractivity contribution >= 4 is 29.3 Å². The van der Waals surface area contributed by atoms with Gasteiger partial charge in [-0.25, -0.2) is 9.59 Å². The summed E-state index contributed by atoms with van der Waals surface area (Å²) in [5.74, 6) is -0.707. The van der Waals surface area contributed by atoms with Crippen molar-refractivity contribution in [2.24, 2.45) is 5.92 Å². The first kappa shape index (κ1) is 17.3. The van der Waals surface area contributed by atoms with Gasteiger partial charge in [-0.3, -0.25) is 0 Å². The number of hydrogen-bond acceptors (Lipinski definition) is 2. The van der Waals surface area contributed by atoms with Crippen LogP contribution in [0.3, 0.4) is 0 Å². The summed E-state index contributed by atoms with van der Waals surface area (Å²) in [6.07, 6.45) is 0. The molecule has 2 N–H and O–H groups in total. The number of carboxylic acid groups (broad SMARTS) is 1. The topological polar surface area (TPSA) is 69.6 Å². The lowest BCUT2D eigenvalue weighted by Crippen LogP contribution is -2.42. The molecule has 0 spiro atoms. The van der Waals surface area contributed by atoms with E-state index in [-0.39, 0.29) is 22.7 Å². The minimum Gasteiger partial charge on any atom is -0.478 e. The van der Waals surface area contributed by atoms with Gasteiger partial charge in [0, 0.05) is 12.6 Å². The highest BCUT2D eigenvalue weighted by molar-refractivity contribution is 6.34. The Labute approximate surface area is 129 Å². The van der Waals surface area contributed by atoms with E-state index in [9.17, 15) is 9.59 Å². The van der Waals surface area contributed by atoms with Gasteiger partial charge in [0.2, 0.25) is 0 Å². The molecule has 0 unspecified atom stereocenters. The van der Waals surface area contributed by atoms with Gasteiger partial charge in [-0.15, -0.1) is 0 Å². The molecule has 116 valence electrons. The average molecular weight is 313 g/mol. The molecule has 21 heavy (non-hydrogen) atoms. The van der Waals surface area contributed by atoms with Crippen molar-refractivity contribution in [3.05, 3.63) is 28.8 Å². The van der Waals surface area contributed by atoms with Crippen molar-refractivity contribution in [3.63, 3.8) is 0 Å². The van der Waals surface area contributed by atoms with Gasteiger partial charge >= 0.3 is 12.0 Å². The Kier molecular flexibility index (Phi) is 6.03. The largest absolute Gasteiger partial charge is 0.478 e. The number of nitrogens with zero attached hydrogens (tertiary/aromatic N) is 1. The van der Waals surface area contributed by atoms with Crippen LogP contribution in [0.2, 0.25) is 5.02 Å². The molecule has 0 aromatic heterocycles. The first-order valence-corrected chi connectivity index (χ1v) is 7.20. The van der Waals surface area contributed by atoms with Crippen molar-refractivity contribution < 1.29 is 14.7 Å². The molecule has 0 aliphatic carbocycles. The maximum atomic E-state index is 12.3. The predicted octanol–water partition coefficient (Wildman–Crippen LogP) is 3.94. The number of carboxylic acids is 1. The fraction of sp³-hybridized carbons (Fsp3) is 0.467. The van der Waals surface area contributed by atoms with Crippen molar-refractivity contribution in [3.8, 4) is 0 Å². The van der Waals surface area contributed by atoms with Crippen molar-refractivity contribution in [1.29, 1.82) is 0 Å². The summed E-state index contributed by atoms with van der Waals surface area (Å²) >= 11 is 6.01. The number of halogens is 1. The Bertz CT molecular complexity index is 530. The molecule has 1 aromatic carbocycles. The number of amides is 2. The highest BCUT2D eigenvalue weighted by Crippen LogP contribution is 2.23. The first-order valence-electron chi connectivity index (χ1n) is 6.82. The van der Waals surface area contributed by atoms with Gasteiger partial charge in [0.15, 0.2) is 0 Å². The predicted molar refractivity (Wildman–Crippen MR) is 84.1 cm³/mol. The van der Waals surface area contributed by atoms with Gasteiger partial charge in [-0.2, -0.15) is 0 Å². The van der Waals surface area contributed by atoms with Crippen LogP contribution in [0.5, 0.6) is 0 Å². The Morgan fingerprint density at radius 3 is 2.33 bits per heavy atom. The zero-order valence-corrected chi connectivity index (χ0v) is 13.4. The molecular formula is C15H21ClN2O3. The van der Waals surface area contributed by atoms with E-state index in [0.29, 0.717) is 18.2 Å². The molecule has 0 saturated heterocycles. The maximum Gasteiger partial charge on any atom is 0.335 e. The molecule has 0 atom stereocenters. The molecule has 0 radical (unpaired) electrons. The van der Waals surface area contributed by atoms with E-state index in [1.807, 2.05) is 27.7 Å². The molecule has 1 rings (SSSR count). The van der Waals surface area contributed by atoms with E-state index < -0.39 is 5.97 Å². The number of hydrogen-bond donors (Lipinski definition) is 2. The second-order valence-electron chi connectivity index (χ2n) is 5.57. The number of carbonyl (C=O) groups excluding carboxylic acids is 1. The van der Waals surface area contributed by atoms with Crippen LogP contribution in [0, 0.1) is 5.92 Å². The third-order valence-electron chi connectivity index (χ3n) is 2.90. The smallest absolute Gasteiger partial charge is 0.335 e. The van der Waals surface area contributed by atoms with Gasteiger partial charge < -0.3 is 15.3 Å². The second kappa shape index (κ2) is 7.31. The second-order valence-corrected chi connectivity index (χ2v) is 5.98. The quantitative estimate of drug-likeness (QED) is 0.865. The van der Waals surface area contributed by atoms with Crippen LogP contribution in [0.4, 0.5) is 10.5 Å². The van der Waals surface area contributed by atoms with Crippen molar-refractivity contribution in [2.75, 3.05) is 11.9 Å². The van der Waals surface area contributed by atoms with E-state index >= 15 is 0 Å². The maximum absolute atomic E-state index is 12.3. The Balaban J connectivity index is 2.88. The van der Waals surface area contributed by atoms with Crippen LogP contribution in [0.25, 0.3) is 0 Å². The fourth-order valence-corrected chi connectivity index (χ4v) is 2.09. The summed E-state index contributed by atoms with van der Waals surface area (Å²) in [7, 11) is 0. The molecule has 6 heteroatoms. The third-order valence-corrected chi connectivity index (χ3v) is 3.22. The monoisotopic (exact) mass is 312 g/mol. The van der Waals surface area contributed by atoms with Gasteiger partial charge in [-0.1, -0.05) is 25.4 Å². The van der Waals surface area contributed by atoms with Crippen molar-refractivity contribution in [1.82, 2.24) is 4.90 Å². The van der Waals surface area contributed by atoms with Crippen molar-refractivity contribution in [2.45, 2.75) is 33.7 Å². The SMILES string of the molecule is CC(C)CN(C(=O)Nc1ccc(C(=O)O)cc1Cl)C(C)C. The molecule has 0 aliphatic heterocycles. The van der Waals surface area contributed by atoms with Crippen LogP contribution in [0.1, 0.15) is 38.1 Å². The zero-order chi connectivity index (χ0) is 16.2. The number of rotatable bonds is 5. The summed E-state index contributed by atoms with van der Waals surface area (Å²) < 4.78 is 0. The van der Waals surface area contributed by atoms with E-state index in [1.165, 1.54) is 18.2 Å². The molecule has 0 fully saturated rings. The lowest BCUT2D eigenvalue weighted by atomic mass is 10.2. The molecule has 0 bridgehead atoms. The molecule has 1 aromatic rings. The number of benzene rings is 1. The fourth-order valence-electron chi connectivity index (χ4n) is 1.86. The standard InChI is InChI=1S/C15H21ClN2O3/c1-9(2)8-18(10(3)4)15(21)17-13-6-5-11(14(19)20)7-12(13)16/h5-7,9-10H,8H2,1-4H3,(H,17,21)(H,19,20). The molecule has 0 aliphatic rings. The normalized spacial score (nSPS) is 10.8. The number of urea groups is 1.